The fourth-order valence-corrected chi connectivity index (χ4v) is 3.17. The van der Waals surface area contributed by atoms with Crippen LogP contribution < -0.4 is 4.90 Å². The van der Waals surface area contributed by atoms with Gasteiger partial charge in [0, 0.05) is 18.8 Å². The molecule has 1 aromatic heterocycles. The van der Waals surface area contributed by atoms with Crippen molar-refractivity contribution >= 4 is 34.4 Å². The molecule has 1 aromatic rings. The second kappa shape index (κ2) is 6.18. The number of aldehydes is 1. The third kappa shape index (κ3) is 3.24. The Morgan fingerprint density at radius 1 is 1.60 bits per heavy atom. The molecule has 0 aliphatic heterocycles. The lowest BCUT2D eigenvalue weighted by atomic mass is 10.2. The van der Waals surface area contributed by atoms with Crippen LogP contribution in [-0.2, 0) is 0 Å². The highest BCUT2D eigenvalue weighted by molar-refractivity contribution is 7.98. The van der Waals surface area contributed by atoms with E-state index in [0.717, 1.165) is 23.3 Å². The lowest BCUT2D eigenvalue weighted by Crippen LogP contribution is -2.32. The van der Waals surface area contributed by atoms with Crippen LogP contribution in [0.3, 0.4) is 0 Å². The minimum Gasteiger partial charge on any atom is -0.363 e. The zero-order valence-corrected chi connectivity index (χ0v) is 11.0. The molecule has 0 aliphatic carbocycles. The van der Waals surface area contributed by atoms with Gasteiger partial charge in [0.05, 0.1) is 9.88 Å². The van der Waals surface area contributed by atoms with Crippen molar-refractivity contribution in [3.05, 3.63) is 17.0 Å². The van der Waals surface area contributed by atoms with Gasteiger partial charge in [-0.2, -0.15) is 11.8 Å². The van der Waals surface area contributed by atoms with Gasteiger partial charge in [0.25, 0.3) is 0 Å². The van der Waals surface area contributed by atoms with E-state index in [-0.39, 0.29) is 0 Å². The van der Waals surface area contributed by atoms with Crippen molar-refractivity contribution in [2.45, 2.75) is 19.4 Å². The fourth-order valence-electron chi connectivity index (χ4n) is 1.47. The molecule has 1 unspecified atom stereocenters. The molecule has 1 rings (SSSR count). The summed E-state index contributed by atoms with van der Waals surface area (Å²) in [6, 6.07) is 4.46. The zero-order valence-electron chi connectivity index (χ0n) is 9.40. The predicted molar refractivity (Wildman–Crippen MR) is 70.6 cm³/mol. The van der Waals surface area contributed by atoms with Crippen LogP contribution in [0.25, 0.3) is 0 Å². The molecule has 2 nitrogen and oxygen atoms in total. The average Bonchev–Trinajstić information content (AvgIpc) is 2.73. The quantitative estimate of drug-likeness (QED) is 0.716. The Morgan fingerprint density at radius 2 is 2.33 bits per heavy atom. The first kappa shape index (κ1) is 12.6. The monoisotopic (exact) mass is 243 g/mol. The van der Waals surface area contributed by atoms with Crippen molar-refractivity contribution in [1.82, 2.24) is 0 Å². The molecule has 0 aliphatic rings. The van der Waals surface area contributed by atoms with Gasteiger partial charge in [0.2, 0.25) is 0 Å². The summed E-state index contributed by atoms with van der Waals surface area (Å²) in [5.41, 5.74) is 0. The topological polar surface area (TPSA) is 20.3 Å². The van der Waals surface area contributed by atoms with Crippen molar-refractivity contribution in [3.63, 3.8) is 0 Å². The first-order chi connectivity index (χ1) is 7.22. The van der Waals surface area contributed by atoms with Gasteiger partial charge in [0.1, 0.15) is 0 Å². The molecule has 4 heteroatoms. The third-order valence-electron chi connectivity index (χ3n) is 2.45. The number of nitrogens with zero attached hydrogens (tertiary/aromatic N) is 1. The lowest BCUT2D eigenvalue weighted by Gasteiger charge is -2.27. The molecule has 1 atom stereocenters. The van der Waals surface area contributed by atoms with Crippen LogP contribution in [0.1, 0.15) is 23.0 Å². The van der Waals surface area contributed by atoms with E-state index in [1.807, 2.05) is 23.9 Å². The summed E-state index contributed by atoms with van der Waals surface area (Å²) in [6.45, 7) is 2.20. The number of hydrogen-bond acceptors (Lipinski definition) is 4. The summed E-state index contributed by atoms with van der Waals surface area (Å²) in [5, 5.41) is 1.18. The molecule has 0 aromatic carbocycles. The summed E-state index contributed by atoms with van der Waals surface area (Å²) in [5.74, 6) is 1.13. The Labute approximate surface area is 99.7 Å². The molecular weight excluding hydrogens is 226 g/mol. The van der Waals surface area contributed by atoms with Crippen molar-refractivity contribution in [2.24, 2.45) is 0 Å². The summed E-state index contributed by atoms with van der Waals surface area (Å²) >= 11 is 3.42. The summed E-state index contributed by atoms with van der Waals surface area (Å²) in [4.78, 5) is 13.7. The average molecular weight is 243 g/mol. The Balaban J connectivity index is 2.72. The highest BCUT2D eigenvalue weighted by atomic mass is 32.2. The third-order valence-corrected chi connectivity index (χ3v) is 4.27. The van der Waals surface area contributed by atoms with E-state index in [0.29, 0.717) is 6.04 Å². The van der Waals surface area contributed by atoms with Crippen LogP contribution >= 0.6 is 23.1 Å². The minimum atomic E-state index is 0.554. The van der Waals surface area contributed by atoms with Gasteiger partial charge in [-0.25, -0.2) is 0 Å². The van der Waals surface area contributed by atoms with E-state index < -0.39 is 0 Å². The minimum absolute atomic E-state index is 0.554. The SMILES string of the molecule is CCC(CSC)N(C)c1ccc(C=O)s1. The summed E-state index contributed by atoms with van der Waals surface area (Å²) in [6.07, 6.45) is 4.17. The number of carbonyl (C=O) groups excluding carboxylic acids is 1. The van der Waals surface area contributed by atoms with Gasteiger partial charge < -0.3 is 4.90 Å². The number of thiophene rings is 1. The van der Waals surface area contributed by atoms with E-state index in [2.05, 4.69) is 25.1 Å². The van der Waals surface area contributed by atoms with Crippen LogP contribution in [0.5, 0.6) is 0 Å². The summed E-state index contributed by atoms with van der Waals surface area (Å²) in [7, 11) is 2.10. The van der Waals surface area contributed by atoms with Gasteiger partial charge in [-0.1, -0.05) is 6.92 Å². The Hall–Kier alpha value is -0.480. The van der Waals surface area contributed by atoms with E-state index in [1.54, 1.807) is 11.3 Å². The molecular formula is C11H17NOS2. The van der Waals surface area contributed by atoms with E-state index in [4.69, 9.17) is 0 Å². The molecule has 0 bridgehead atoms. The van der Waals surface area contributed by atoms with Crippen LogP contribution in [0.2, 0.25) is 0 Å². The molecule has 0 fully saturated rings. The molecule has 0 N–H and O–H groups in total. The Kier molecular flexibility index (Phi) is 5.19. The molecule has 1 heterocycles. The number of rotatable bonds is 6. The number of anilines is 1. The highest BCUT2D eigenvalue weighted by Gasteiger charge is 2.14. The lowest BCUT2D eigenvalue weighted by molar-refractivity contribution is 0.112. The van der Waals surface area contributed by atoms with E-state index in [9.17, 15) is 4.79 Å². The Bertz CT molecular complexity index is 311. The van der Waals surface area contributed by atoms with Crippen molar-refractivity contribution in [1.29, 1.82) is 0 Å². The van der Waals surface area contributed by atoms with Crippen molar-refractivity contribution in [3.8, 4) is 0 Å². The highest BCUT2D eigenvalue weighted by Crippen LogP contribution is 2.26. The normalized spacial score (nSPS) is 12.5. The van der Waals surface area contributed by atoms with Crippen LogP contribution in [0.4, 0.5) is 5.00 Å². The number of carbonyl (C=O) groups is 1. The van der Waals surface area contributed by atoms with Crippen LogP contribution in [-0.4, -0.2) is 31.4 Å². The fraction of sp³-hybridized carbons (Fsp3) is 0.545. The van der Waals surface area contributed by atoms with Crippen molar-refractivity contribution in [2.75, 3.05) is 24.0 Å². The largest absolute Gasteiger partial charge is 0.363 e. The maximum Gasteiger partial charge on any atom is 0.160 e. The zero-order chi connectivity index (χ0) is 11.3. The second-order valence-electron chi connectivity index (χ2n) is 3.42. The second-order valence-corrected chi connectivity index (χ2v) is 5.43. The van der Waals surface area contributed by atoms with Crippen LogP contribution in [0.15, 0.2) is 12.1 Å². The van der Waals surface area contributed by atoms with Gasteiger partial charge in [-0.3, -0.25) is 4.79 Å². The standard InChI is InChI=1S/C11H17NOS2/c1-4-9(8-14-3)12(2)11-6-5-10(7-13)15-11/h5-7,9H,4,8H2,1-3H3. The van der Waals surface area contributed by atoms with Gasteiger partial charge in [-0.05, 0) is 24.8 Å². The number of thioether (sulfide) groups is 1. The molecule has 0 amide bonds. The molecule has 15 heavy (non-hydrogen) atoms. The van der Waals surface area contributed by atoms with Gasteiger partial charge in [-0.15, -0.1) is 11.3 Å². The van der Waals surface area contributed by atoms with Gasteiger partial charge in [0.15, 0.2) is 6.29 Å². The smallest absolute Gasteiger partial charge is 0.160 e. The maximum atomic E-state index is 10.6. The van der Waals surface area contributed by atoms with E-state index in [1.165, 1.54) is 5.00 Å². The first-order valence-corrected chi connectivity index (χ1v) is 7.20. The maximum absolute atomic E-state index is 10.6. The molecule has 0 spiro atoms. The molecule has 0 radical (unpaired) electrons. The predicted octanol–water partition coefficient (Wildman–Crippen LogP) is 3.14. The van der Waals surface area contributed by atoms with Crippen LogP contribution in [0, 0.1) is 0 Å². The summed E-state index contributed by atoms with van der Waals surface area (Å²) < 4.78 is 0. The molecule has 0 saturated carbocycles. The number of hydrogen-bond donors (Lipinski definition) is 0. The first-order valence-electron chi connectivity index (χ1n) is 4.99. The van der Waals surface area contributed by atoms with Crippen molar-refractivity contribution < 1.29 is 4.79 Å². The Morgan fingerprint density at radius 3 is 2.80 bits per heavy atom. The van der Waals surface area contributed by atoms with E-state index >= 15 is 0 Å². The van der Waals surface area contributed by atoms with Gasteiger partial charge >= 0.3 is 0 Å². The molecule has 84 valence electrons. The molecule has 0 saturated heterocycles.